The summed E-state index contributed by atoms with van der Waals surface area (Å²) in [5.41, 5.74) is 4.24. The normalized spacial score (nSPS) is 20.0. The number of rotatable bonds is 8. The van der Waals surface area contributed by atoms with E-state index < -0.39 is 0 Å². The Bertz CT molecular complexity index is 755. The van der Waals surface area contributed by atoms with E-state index >= 15 is 0 Å². The fraction of sp³-hybridized carbons (Fsp3) is 0.462. The van der Waals surface area contributed by atoms with Crippen LogP contribution in [0, 0.1) is 5.82 Å². The van der Waals surface area contributed by atoms with Crippen LogP contribution in [0.5, 0.6) is 0 Å². The molecule has 2 aromatic carbocycles. The first-order chi connectivity index (χ1) is 13.7. The highest BCUT2D eigenvalue weighted by Crippen LogP contribution is 2.35. The zero-order chi connectivity index (χ0) is 19.8. The maximum Gasteiger partial charge on any atom is 0.127 e. The van der Waals surface area contributed by atoms with Crippen LogP contribution in [0.3, 0.4) is 0 Å². The first-order valence-corrected chi connectivity index (χ1v) is 10.8. The van der Waals surface area contributed by atoms with Crippen LogP contribution in [0.4, 0.5) is 4.39 Å². The minimum atomic E-state index is -0.100. The van der Waals surface area contributed by atoms with Crippen LogP contribution < -0.4 is 0 Å². The van der Waals surface area contributed by atoms with E-state index in [4.69, 9.17) is 4.74 Å². The van der Waals surface area contributed by atoms with E-state index in [1.807, 2.05) is 25.1 Å². The Morgan fingerprint density at radius 3 is 2.36 bits per heavy atom. The van der Waals surface area contributed by atoms with Gasteiger partial charge in [0.05, 0.1) is 6.10 Å². The predicted octanol–water partition coefficient (Wildman–Crippen LogP) is 7.45. The SMILES string of the molecule is C/C=C/CCc1ccc(-c2ccc(C3CCC(OCCC)CC3)cc2)cc1F. The lowest BCUT2D eigenvalue weighted by Gasteiger charge is -2.29. The number of allylic oxidation sites excluding steroid dienone is 2. The highest BCUT2D eigenvalue weighted by atomic mass is 19.1. The fourth-order valence-corrected chi connectivity index (χ4v) is 4.13. The third kappa shape index (κ3) is 5.54. The van der Waals surface area contributed by atoms with Gasteiger partial charge in [0.25, 0.3) is 0 Å². The summed E-state index contributed by atoms with van der Waals surface area (Å²) in [6, 6.07) is 14.4. The number of benzene rings is 2. The van der Waals surface area contributed by atoms with Gasteiger partial charge >= 0.3 is 0 Å². The maximum atomic E-state index is 14.4. The van der Waals surface area contributed by atoms with E-state index in [1.165, 1.54) is 18.4 Å². The summed E-state index contributed by atoms with van der Waals surface area (Å²) in [6.07, 6.45) is 12.0. The Morgan fingerprint density at radius 1 is 1.00 bits per heavy atom. The van der Waals surface area contributed by atoms with Gasteiger partial charge in [0.2, 0.25) is 0 Å². The molecular formula is C26H33FO. The summed E-state index contributed by atoms with van der Waals surface area (Å²) in [5, 5.41) is 0. The van der Waals surface area contributed by atoms with Gasteiger partial charge in [0, 0.05) is 6.61 Å². The van der Waals surface area contributed by atoms with Gasteiger partial charge in [-0.2, -0.15) is 0 Å². The largest absolute Gasteiger partial charge is 0.378 e. The van der Waals surface area contributed by atoms with Crippen molar-refractivity contribution in [3.63, 3.8) is 0 Å². The second-order valence-electron chi connectivity index (χ2n) is 7.88. The first-order valence-electron chi connectivity index (χ1n) is 10.8. The molecule has 0 radical (unpaired) electrons. The lowest BCUT2D eigenvalue weighted by atomic mass is 9.82. The predicted molar refractivity (Wildman–Crippen MR) is 116 cm³/mol. The summed E-state index contributed by atoms with van der Waals surface area (Å²) in [4.78, 5) is 0. The van der Waals surface area contributed by atoms with Crippen LogP contribution in [0.1, 0.15) is 69.4 Å². The van der Waals surface area contributed by atoms with Crippen LogP contribution in [0.25, 0.3) is 11.1 Å². The first kappa shape index (κ1) is 20.8. The van der Waals surface area contributed by atoms with Gasteiger partial charge in [-0.05, 0) is 86.1 Å². The molecule has 1 nitrogen and oxygen atoms in total. The molecule has 0 bridgehead atoms. The molecule has 2 aromatic rings. The summed E-state index contributed by atoms with van der Waals surface area (Å²) in [5.74, 6) is 0.526. The monoisotopic (exact) mass is 380 g/mol. The van der Waals surface area contributed by atoms with Gasteiger partial charge in [-0.3, -0.25) is 0 Å². The zero-order valence-electron chi connectivity index (χ0n) is 17.3. The van der Waals surface area contributed by atoms with Crippen molar-refractivity contribution in [2.24, 2.45) is 0 Å². The van der Waals surface area contributed by atoms with E-state index in [2.05, 4.69) is 37.3 Å². The minimum Gasteiger partial charge on any atom is -0.378 e. The Morgan fingerprint density at radius 2 is 1.71 bits per heavy atom. The fourth-order valence-electron chi connectivity index (χ4n) is 4.13. The summed E-state index contributed by atoms with van der Waals surface area (Å²) in [6.45, 7) is 5.04. The van der Waals surface area contributed by atoms with Gasteiger partial charge in [-0.15, -0.1) is 0 Å². The molecule has 1 saturated carbocycles. The molecule has 2 heteroatoms. The smallest absolute Gasteiger partial charge is 0.127 e. The Labute approximate surface area is 169 Å². The average molecular weight is 381 g/mol. The van der Waals surface area contributed by atoms with Crippen LogP contribution in [-0.4, -0.2) is 12.7 Å². The van der Waals surface area contributed by atoms with Crippen molar-refractivity contribution >= 4 is 0 Å². The molecule has 0 aliphatic heterocycles. The van der Waals surface area contributed by atoms with Crippen LogP contribution >= 0.6 is 0 Å². The molecule has 0 spiro atoms. The van der Waals surface area contributed by atoms with Gasteiger partial charge in [0.15, 0.2) is 0 Å². The quantitative estimate of drug-likeness (QED) is 0.432. The molecule has 150 valence electrons. The van der Waals surface area contributed by atoms with Crippen molar-refractivity contribution in [3.05, 3.63) is 71.6 Å². The van der Waals surface area contributed by atoms with Crippen molar-refractivity contribution in [2.75, 3.05) is 6.61 Å². The Kier molecular flexibility index (Phi) is 7.85. The molecule has 28 heavy (non-hydrogen) atoms. The average Bonchev–Trinajstić information content (AvgIpc) is 2.74. The molecule has 0 saturated heterocycles. The number of hydrogen-bond donors (Lipinski definition) is 0. The molecule has 1 fully saturated rings. The second-order valence-corrected chi connectivity index (χ2v) is 7.88. The molecule has 1 aliphatic rings. The second kappa shape index (κ2) is 10.6. The van der Waals surface area contributed by atoms with E-state index in [9.17, 15) is 4.39 Å². The van der Waals surface area contributed by atoms with Crippen molar-refractivity contribution in [1.82, 2.24) is 0 Å². The van der Waals surface area contributed by atoms with E-state index in [-0.39, 0.29) is 5.82 Å². The number of aryl methyl sites for hydroxylation is 1. The van der Waals surface area contributed by atoms with Crippen molar-refractivity contribution < 1.29 is 9.13 Å². The van der Waals surface area contributed by atoms with Crippen molar-refractivity contribution in [1.29, 1.82) is 0 Å². The molecule has 0 unspecified atom stereocenters. The van der Waals surface area contributed by atoms with Gasteiger partial charge in [-0.1, -0.05) is 55.5 Å². The lowest BCUT2D eigenvalue weighted by molar-refractivity contribution is 0.0251. The topological polar surface area (TPSA) is 9.23 Å². The summed E-state index contributed by atoms with van der Waals surface area (Å²) < 4.78 is 20.3. The lowest BCUT2D eigenvalue weighted by Crippen LogP contribution is -2.21. The number of ether oxygens (including phenoxy) is 1. The maximum absolute atomic E-state index is 14.4. The Balaban J connectivity index is 1.61. The molecule has 0 atom stereocenters. The molecule has 0 N–H and O–H groups in total. The molecule has 3 rings (SSSR count). The van der Waals surface area contributed by atoms with Crippen LogP contribution in [0.15, 0.2) is 54.6 Å². The summed E-state index contributed by atoms with van der Waals surface area (Å²) in [7, 11) is 0. The van der Waals surface area contributed by atoms with Crippen molar-refractivity contribution in [2.45, 2.75) is 70.8 Å². The van der Waals surface area contributed by atoms with E-state index in [0.717, 1.165) is 55.4 Å². The molecular weight excluding hydrogens is 347 g/mol. The third-order valence-electron chi connectivity index (χ3n) is 5.82. The molecule has 0 amide bonds. The molecule has 1 aliphatic carbocycles. The van der Waals surface area contributed by atoms with E-state index in [1.54, 1.807) is 6.07 Å². The van der Waals surface area contributed by atoms with Crippen LogP contribution in [0.2, 0.25) is 0 Å². The van der Waals surface area contributed by atoms with Crippen LogP contribution in [-0.2, 0) is 11.2 Å². The standard InChI is InChI=1S/C26H33FO/c1-3-5-6-7-23-12-13-24(19-26(23)27)22-10-8-20(9-11-22)21-14-16-25(17-15-21)28-18-4-2/h3,5,8-13,19,21,25H,4,6-7,14-18H2,1-2H3/b5-3+. The molecule has 0 heterocycles. The highest BCUT2D eigenvalue weighted by molar-refractivity contribution is 5.64. The number of hydrogen-bond acceptors (Lipinski definition) is 1. The Hall–Kier alpha value is -1.93. The third-order valence-corrected chi connectivity index (χ3v) is 5.82. The highest BCUT2D eigenvalue weighted by Gasteiger charge is 2.22. The minimum absolute atomic E-state index is 0.100. The van der Waals surface area contributed by atoms with Gasteiger partial charge in [0.1, 0.15) is 5.82 Å². The van der Waals surface area contributed by atoms with Gasteiger partial charge in [-0.25, -0.2) is 4.39 Å². The summed E-state index contributed by atoms with van der Waals surface area (Å²) >= 11 is 0. The van der Waals surface area contributed by atoms with Gasteiger partial charge < -0.3 is 4.74 Å². The zero-order valence-corrected chi connectivity index (χ0v) is 17.3. The van der Waals surface area contributed by atoms with Crippen molar-refractivity contribution in [3.8, 4) is 11.1 Å². The van der Waals surface area contributed by atoms with E-state index in [0.29, 0.717) is 12.0 Å². The molecule has 0 aromatic heterocycles. The number of halogens is 1.